The number of nitrogens with two attached hydrogens (primary N) is 1. The fraction of sp³-hybridized carbons (Fsp3) is 0.667. The number of likely N-dealkylation sites (N-methyl/N-ethyl adjacent to an activating group) is 1. The molecule has 1 aromatic rings. The molecule has 0 spiro atoms. The monoisotopic (exact) mass is 253 g/mol. The SMILES string of the molecule is CCC(C)(C(NN)c1nccnc1OC)N(C)C. The van der Waals surface area contributed by atoms with Gasteiger partial charge in [-0.2, -0.15) is 0 Å². The van der Waals surface area contributed by atoms with Crippen LogP contribution in [0.15, 0.2) is 12.4 Å². The molecule has 102 valence electrons. The zero-order valence-electron chi connectivity index (χ0n) is 11.8. The van der Waals surface area contributed by atoms with Gasteiger partial charge in [0.05, 0.1) is 13.2 Å². The first kappa shape index (κ1) is 14.8. The summed E-state index contributed by atoms with van der Waals surface area (Å²) in [5, 5.41) is 0. The third-order valence-corrected chi connectivity index (χ3v) is 3.68. The standard InChI is InChI=1S/C12H23N5O/c1-6-12(2,17(3)4)10(16-13)9-11(18-5)15-8-7-14-9/h7-8,10,16H,6,13H2,1-5H3. The van der Waals surface area contributed by atoms with Crippen LogP contribution in [0.3, 0.4) is 0 Å². The Kier molecular flexibility index (Phi) is 5.01. The molecular weight excluding hydrogens is 230 g/mol. The Morgan fingerprint density at radius 3 is 2.50 bits per heavy atom. The number of rotatable bonds is 6. The highest BCUT2D eigenvalue weighted by molar-refractivity contribution is 5.24. The van der Waals surface area contributed by atoms with E-state index in [9.17, 15) is 0 Å². The van der Waals surface area contributed by atoms with Crippen LogP contribution in [-0.4, -0.2) is 41.6 Å². The van der Waals surface area contributed by atoms with Crippen molar-refractivity contribution in [3.8, 4) is 5.88 Å². The first-order valence-corrected chi connectivity index (χ1v) is 5.99. The predicted molar refractivity (Wildman–Crippen MR) is 71.0 cm³/mol. The fourth-order valence-electron chi connectivity index (χ4n) is 2.02. The Bertz CT molecular complexity index is 384. The van der Waals surface area contributed by atoms with E-state index in [-0.39, 0.29) is 11.6 Å². The molecule has 0 bridgehead atoms. The van der Waals surface area contributed by atoms with Crippen molar-refractivity contribution in [1.82, 2.24) is 20.3 Å². The molecule has 0 amide bonds. The maximum Gasteiger partial charge on any atom is 0.237 e. The van der Waals surface area contributed by atoms with Crippen molar-refractivity contribution >= 4 is 0 Å². The van der Waals surface area contributed by atoms with E-state index in [0.29, 0.717) is 5.88 Å². The van der Waals surface area contributed by atoms with Gasteiger partial charge in [0, 0.05) is 17.9 Å². The molecule has 0 saturated heterocycles. The number of ether oxygens (including phenoxy) is 1. The Morgan fingerprint density at radius 2 is 2.06 bits per heavy atom. The molecule has 1 rings (SSSR count). The number of hydrogen-bond acceptors (Lipinski definition) is 6. The van der Waals surface area contributed by atoms with Crippen molar-refractivity contribution in [3.05, 3.63) is 18.1 Å². The number of methoxy groups -OCH3 is 1. The number of hydrazine groups is 1. The van der Waals surface area contributed by atoms with E-state index in [1.54, 1.807) is 19.5 Å². The number of nitrogens with one attached hydrogen (secondary N) is 1. The van der Waals surface area contributed by atoms with Crippen molar-refractivity contribution in [3.63, 3.8) is 0 Å². The smallest absolute Gasteiger partial charge is 0.237 e. The second-order valence-corrected chi connectivity index (χ2v) is 4.66. The fourth-order valence-corrected chi connectivity index (χ4v) is 2.02. The molecule has 0 fully saturated rings. The van der Waals surface area contributed by atoms with Gasteiger partial charge in [0.15, 0.2) is 0 Å². The highest BCUT2D eigenvalue weighted by Gasteiger charge is 2.38. The van der Waals surface area contributed by atoms with Crippen LogP contribution in [0.25, 0.3) is 0 Å². The van der Waals surface area contributed by atoms with E-state index in [1.165, 1.54) is 0 Å². The van der Waals surface area contributed by atoms with E-state index in [4.69, 9.17) is 10.6 Å². The summed E-state index contributed by atoms with van der Waals surface area (Å²) in [6.07, 6.45) is 4.16. The molecule has 0 aliphatic carbocycles. The van der Waals surface area contributed by atoms with E-state index in [0.717, 1.165) is 12.1 Å². The predicted octanol–water partition coefficient (Wildman–Crippen LogP) is 0.720. The molecule has 2 unspecified atom stereocenters. The largest absolute Gasteiger partial charge is 0.480 e. The summed E-state index contributed by atoms with van der Waals surface area (Å²) in [6.45, 7) is 4.25. The van der Waals surface area contributed by atoms with Crippen LogP contribution < -0.4 is 16.0 Å². The third-order valence-electron chi connectivity index (χ3n) is 3.68. The summed E-state index contributed by atoms with van der Waals surface area (Å²) < 4.78 is 5.26. The summed E-state index contributed by atoms with van der Waals surface area (Å²) in [5.74, 6) is 6.23. The zero-order valence-corrected chi connectivity index (χ0v) is 11.8. The molecular formula is C12H23N5O. The van der Waals surface area contributed by atoms with Gasteiger partial charge in [-0.15, -0.1) is 0 Å². The lowest BCUT2D eigenvalue weighted by molar-refractivity contribution is 0.109. The van der Waals surface area contributed by atoms with E-state index in [1.807, 2.05) is 14.1 Å². The summed E-state index contributed by atoms with van der Waals surface area (Å²) >= 11 is 0. The van der Waals surface area contributed by atoms with Gasteiger partial charge in [-0.1, -0.05) is 6.92 Å². The van der Waals surface area contributed by atoms with Gasteiger partial charge >= 0.3 is 0 Å². The maximum atomic E-state index is 5.73. The van der Waals surface area contributed by atoms with Crippen LogP contribution in [0.5, 0.6) is 5.88 Å². The van der Waals surface area contributed by atoms with Crippen LogP contribution in [0.4, 0.5) is 0 Å². The molecule has 0 saturated carbocycles. The molecule has 0 aliphatic rings. The minimum absolute atomic E-state index is 0.166. The second-order valence-electron chi connectivity index (χ2n) is 4.66. The molecule has 3 N–H and O–H groups in total. The third kappa shape index (κ3) is 2.60. The topological polar surface area (TPSA) is 76.3 Å². The second kappa shape index (κ2) is 6.08. The first-order valence-electron chi connectivity index (χ1n) is 5.99. The summed E-state index contributed by atoms with van der Waals surface area (Å²) in [6, 6.07) is -0.166. The maximum absolute atomic E-state index is 5.73. The van der Waals surface area contributed by atoms with E-state index >= 15 is 0 Å². The van der Waals surface area contributed by atoms with Gasteiger partial charge in [-0.05, 0) is 27.4 Å². The zero-order chi connectivity index (χ0) is 13.8. The highest BCUT2D eigenvalue weighted by atomic mass is 16.5. The van der Waals surface area contributed by atoms with Gasteiger partial charge in [0.2, 0.25) is 5.88 Å². The molecule has 0 aromatic carbocycles. The summed E-state index contributed by atoms with van der Waals surface area (Å²) in [7, 11) is 5.63. The molecule has 0 aliphatic heterocycles. The minimum atomic E-state index is -0.182. The molecule has 2 atom stereocenters. The summed E-state index contributed by atoms with van der Waals surface area (Å²) in [5.41, 5.74) is 3.38. The van der Waals surface area contributed by atoms with Crippen LogP contribution in [0, 0.1) is 0 Å². The van der Waals surface area contributed by atoms with Crippen LogP contribution >= 0.6 is 0 Å². The van der Waals surface area contributed by atoms with E-state index < -0.39 is 0 Å². The Hall–Kier alpha value is -1.24. The molecule has 0 radical (unpaired) electrons. The van der Waals surface area contributed by atoms with Gasteiger partial charge < -0.3 is 9.64 Å². The lowest BCUT2D eigenvalue weighted by Crippen LogP contribution is -2.53. The van der Waals surface area contributed by atoms with Gasteiger partial charge in [0.25, 0.3) is 0 Å². The van der Waals surface area contributed by atoms with Crippen LogP contribution in [0.1, 0.15) is 32.0 Å². The molecule has 6 heteroatoms. The minimum Gasteiger partial charge on any atom is -0.480 e. The van der Waals surface area contributed by atoms with Crippen LogP contribution in [0.2, 0.25) is 0 Å². The Labute approximate surface area is 109 Å². The summed E-state index contributed by atoms with van der Waals surface area (Å²) in [4.78, 5) is 10.7. The Balaban J connectivity index is 3.24. The van der Waals surface area contributed by atoms with Crippen molar-refractivity contribution in [2.75, 3.05) is 21.2 Å². The molecule has 1 heterocycles. The average molecular weight is 253 g/mol. The number of aromatic nitrogens is 2. The average Bonchev–Trinajstić information content (AvgIpc) is 2.39. The van der Waals surface area contributed by atoms with Crippen molar-refractivity contribution in [2.24, 2.45) is 5.84 Å². The van der Waals surface area contributed by atoms with Crippen molar-refractivity contribution in [2.45, 2.75) is 31.8 Å². The molecule has 1 aromatic heterocycles. The van der Waals surface area contributed by atoms with Crippen molar-refractivity contribution in [1.29, 1.82) is 0 Å². The van der Waals surface area contributed by atoms with Gasteiger partial charge in [0.1, 0.15) is 5.69 Å². The molecule has 18 heavy (non-hydrogen) atoms. The van der Waals surface area contributed by atoms with Crippen LogP contribution in [-0.2, 0) is 0 Å². The van der Waals surface area contributed by atoms with E-state index in [2.05, 4.69) is 34.1 Å². The van der Waals surface area contributed by atoms with Gasteiger partial charge in [-0.25, -0.2) is 10.4 Å². The number of hydrogen-bond donors (Lipinski definition) is 2. The van der Waals surface area contributed by atoms with Crippen molar-refractivity contribution < 1.29 is 4.74 Å². The normalized spacial score (nSPS) is 16.4. The first-order chi connectivity index (χ1) is 8.51. The number of nitrogens with zero attached hydrogens (tertiary/aromatic N) is 3. The van der Waals surface area contributed by atoms with Gasteiger partial charge in [-0.3, -0.25) is 10.8 Å². The lowest BCUT2D eigenvalue weighted by Gasteiger charge is -2.41. The highest BCUT2D eigenvalue weighted by Crippen LogP contribution is 2.34. The Morgan fingerprint density at radius 1 is 1.44 bits per heavy atom. The quantitative estimate of drug-likeness (QED) is 0.574. The lowest BCUT2D eigenvalue weighted by atomic mass is 9.86. The molecule has 6 nitrogen and oxygen atoms in total.